The van der Waals surface area contributed by atoms with E-state index >= 15 is 0 Å². The quantitative estimate of drug-likeness (QED) is 0.726. The van der Waals surface area contributed by atoms with E-state index in [-0.39, 0.29) is 6.04 Å². The van der Waals surface area contributed by atoms with Crippen molar-refractivity contribution in [1.82, 2.24) is 20.4 Å². The lowest BCUT2D eigenvalue weighted by molar-refractivity contribution is 0.133. The molecule has 0 amide bonds. The number of rotatable bonds is 6. The summed E-state index contributed by atoms with van der Waals surface area (Å²) in [5, 5.41) is 7.63. The van der Waals surface area contributed by atoms with Crippen LogP contribution in [0.5, 0.6) is 5.75 Å². The molecule has 0 bridgehead atoms. The number of hydrogen-bond acceptors (Lipinski definition) is 6. The van der Waals surface area contributed by atoms with Crippen LogP contribution in [0.1, 0.15) is 28.9 Å². The number of piperazine rings is 1. The first-order valence-corrected chi connectivity index (χ1v) is 9.26. The van der Waals surface area contributed by atoms with E-state index in [1.807, 2.05) is 30.3 Å². The fraction of sp³-hybridized carbons (Fsp3) is 0.333. The van der Waals surface area contributed by atoms with E-state index < -0.39 is 0 Å². The Morgan fingerprint density at radius 3 is 2.81 bits per heavy atom. The molecule has 2 aromatic carbocycles. The third-order valence-electron chi connectivity index (χ3n) is 4.91. The Morgan fingerprint density at radius 1 is 1.15 bits per heavy atom. The molecule has 1 N–H and O–H groups in total. The van der Waals surface area contributed by atoms with Gasteiger partial charge >= 0.3 is 0 Å². The summed E-state index contributed by atoms with van der Waals surface area (Å²) in [5.74, 6) is 2.29. The van der Waals surface area contributed by atoms with E-state index in [9.17, 15) is 0 Å². The fourth-order valence-corrected chi connectivity index (χ4v) is 3.56. The van der Waals surface area contributed by atoms with Gasteiger partial charge < -0.3 is 14.6 Å². The second-order valence-electron chi connectivity index (χ2n) is 6.70. The lowest BCUT2D eigenvalue weighted by Gasteiger charge is -2.36. The van der Waals surface area contributed by atoms with E-state index in [0.29, 0.717) is 18.9 Å². The summed E-state index contributed by atoms with van der Waals surface area (Å²) in [6, 6.07) is 18.6. The Labute approximate surface area is 159 Å². The zero-order valence-corrected chi connectivity index (χ0v) is 15.5. The molecule has 4 rings (SSSR count). The van der Waals surface area contributed by atoms with Gasteiger partial charge in [-0.25, -0.2) is 0 Å². The van der Waals surface area contributed by atoms with Gasteiger partial charge in [0.25, 0.3) is 0 Å². The maximum atomic E-state index is 5.56. The van der Waals surface area contributed by atoms with Crippen LogP contribution in [0.15, 0.2) is 59.1 Å². The Morgan fingerprint density at radius 2 is 1.96 bits per heavy atom. The van der Waals surface area contributed by atoms with Crippen molar-refractivity contribution < 1.29 is 9.26 Å². The van der Waals surface area contributed by atoms with Crippen LogP contribution in [0.4, 0.5) is 0 Å². The summed E-state index contributed by atoms with van der Waals surface area (Å²) in [5.41, 5.74) is 2.36. The number of nitrogens with one attached hydrogen (secondary N) is 1. The molecule has 140 valence electrons. The number of para-hydroxylation sites is 1. The number of aromatic nitrogens is 2. The first-order chi connectivity index (χ1) is 13.3. The summed E-state index contributed by atoms with van der Waals surface area (Å²) in [7, 11) is 1.72. The predicted octanol–water partition coefficient (Wildman–Crippen LogP) is 2.82. The molecule has 1 unspecified atom stereocenters. The normalized spacial score (nSPS) is 17.7. The maximum absolute atomic E-state index is 5.56. The van der Waals surface area contributed by atoms with Crippen molar-refractivity contribution in [2.24, 2.45) is 0 Å². The highest BCUT2D eigenvalue weighted by molar-refractivity contribution is 5.36. The van der Waals surface area contributed by atoms with Crippen LogP contribution in [-0.2, 0) is 13.0 Å². The topological polar surface area (TPSA) is 63.4 Å². The van der Waals surface area contributed by atoms with E-state index in [4.69, 9.17) is 9.26 Å². The maximum Gasteiger partial charge on any atom is 0.240 e. The second-order valence-corrected chi connectivity index (χ2v) is 6.70. The van der Waals surface area contributed by atoms with E-state index in [2.05, 4.69) is 44.6 Å². The molecule has 1 atom stereocenters. The van der Waals surface area contributed by atoms with Gasteiger partial charge in [0.05, 0.1) is 19.7 Å². The third kappa shape index (κ3) is 4.18. The van der Waals surface area contributed by atoms with Crippen molar-refractivity contribution in [2.75, 3.05) is 26.7 Å². The molecule has 1 aliphatic rings. The monoisotopic (exact) mass is 364 g/mol. The van der Waals surface area contributed by atoms with Crippen LogP contribution in [-0.4, -0.2) is 41.8 Å². The largest absolute Gasteiger partial charge is 0.496 e. The fourth-order valence-electron chi connectivity index (χ4n) is 3.56. The van der Waals surface area contributed by atoms with Crippen LogP contribution in [0, 0.1) is 0 Å². The molecule has 1 fully saturated rings. The Bertz CT molecular complexity index is 865. The van der Waals surface area contributed by atoms with Gasteiger partial charge in [-0.3, -0.25) is 4.90 Å². The average molecular weight is 364 g/mol. The van der Waals surface area contributed by atoms with Crippen LogP contribution < -0.4 is 10.1 Å². The minimum atomic E-state index is 0.208. The predicted molar refractivity (Wildman–Crippen MR) is 103 cm³/mol. The lowest BCUT2D eigenvalue weighted by Crippen LogP contribution is -2.45. The molecule has 3 aromatic rings. The van der Waals surface area contributed by atoms with Crippen LogP contribution >= 0.6 is 0 Å². The minimum absolute atomic E-state index is 0.208. The van der Waals surface area contributed by atoms with Gasteiger partial charge in [-0.15, -0.1) is 0 Å². The van der Waals surface area contributed by atoms with E-state index in [1.165, 1.54) is 11.1 Å². The molecular weight excluding hydrogens is 340 g/mol. The van der Waals surface area contributed by atoms with Crippen molar-refractivity contribution in [3.05, 3.63) is 77.4 Å². The standard InChI is InChI=1S/C21H24N4O2/c1-26-19-10-6-5-9-17(19)18-14-22-11-12-25(18)15-21-23-20(24-27-21)13-16-7-3-2-4-8-16/h2-10,18,22H,11-15H2,1H3. The number of hydrogen-bond donors (Lipinski definition) is 1. The molecule has 6 nitrogen and oxygen atoms in total. The number of ether oxygens (including phenoxy) is 1. The molecule has 1 aromatic heterocycles. The molecule has 0 spiro atoms. The molecule has 27 heavy (non-hydrogen) atoms. The molecule has 1 aliphatic heterocycles. The van der Waals surface area contributed by atoms with Gasteiger partial charge in [0.2, 0.25) is 5.89 Å². The molecular formula is C21H24N4O2. The zero-order valence-electron chi connectivity index (χ0n) is 15.5. The number of benzene rings is 2. The van der Waals surface area contributed by atoms with E-state index in [0.717, 1.165) is 31.2 Å². The molecule has 0 aliphatic carbocycles. The molecule has 2 heterocycles. The van der Waals surface area contributed by atoms with Crippen molar-refractivity contribution in [3.63, 3.8) is 0 Å². The SMILES string of the molecule is COc1ccccc1C1CNCCN1Cc1nc(Cc2ccccc2)no1. The van der Waals surface area contributed by atoms with Crippen molar-refractivity contribution >= 4 is 0 Å². The summed E-state index contributed by atoms with van der Waals surface area (Å²) >= 11 is 0. The van der Waals surface area contributed by atoms with Crippen molar-refractivity contribution in [1.29, 1.82) is 0 Å². The summed E-state index contributed by atoms with van der Waals surface area (Å²) in [6.45, 7) is 3.35. The third-order valence-corrected chi connectivity index (χ3v) is 4.91. The molecule has 0 saturated carbocycles. The van der Waals surface area contributed by atoms with Gasteiger partial charge in [0, 0.05) is 31.6 Å². The van der Waals surface area contributed by atoms with Crippen molar-refractivity contribution in [3.8, 4) is 5.75 Å². The van der Waals surface area contributed by atoms with Gasteiger partial charge in [0.15, 0.2) is 5.82 Å². The van der Waals surface area contributed by atoms with Crippen LogP contribution in [0.25, 0.3) is 0 Å². The highest BCUT2D eigenvalue weighted by Crippen LogP contribution is 2.30. The molecule has 1 saturated heterocycles. The second kappa shape index (κ2) is 8.33. The zero-order chi connectivity index (χ0) is 18.5. The Kier molecular flexibility index (Phi) is 5.46. The first-order valence-electron chi connectivity index (χ1n) is 9.26. The summed E-state index contributed by atoms with van der Waals surface area (Å²) < 4.78 is 11.1. The highest BCUT2D eigenvalue weighted by atomic mass is 16.5. The summed E-state index contributed by atoms with van der Waals surface area (Å²) in [6.07, 6.45) is 0.682. The smallest absolute Gasteiger partial charge is 0.240 e. The van der Waals surface area contributed by atoms with Gasteiger partial charge in [0.1, 0.15) is 5.75 Å². The first kappa shape index (κ1) is 17.7. The average Bonchev–Trinajstić information content (AvgIpc) is 3.16. The van der Waals surface area contributed by atoms with Crippen LogP contribution in [0.3, 0.4) is 0 Å². The molecule has 6 heteroatoms. The summed E-state index contributed by atoms with van der Waals surface area (Å²) in [4.78, 5) is 6.97. The lowest BCUT2D eigenvalue weighted by atomic mass is 10.0. The highest BCUT2D eigenvalue weighted by Gasteiger charge is 2.27. The van der Waals surface area contributed by atoms with Crippen molar-refractivity contribution in [2.45, 2.75) is 19.0 Å². The molecule has 0 radical (unpaired) electrons. The van der Waals surface area contributed by atoms with Crippen LogP contribution in [0.2, 0.25) is 0 Å². The van der Waals surface area contributed by atoms with Gasteiger partial charge in [-0.2, -0.15) is 4.98 Å². The minimum Gasteiger partial charge on any atom is -0.496 e. The number of nitrogens with zero attached hydrogens (tertiary/aromatic N) is 3. The van der Waals surface area contributed by atoms with E-state index in [1.54, 1.807) is 7.11 Å². The van der Waals surface area contributed by atoms with Gasteiger partial charge in [-0.05, 0) is 11.6 Å². The number of methoxy groups -OCH3 is 1. The Hall–Kier alpha value is -2.70. The Balaban J connectivity index is 1.49. The van der Waals surface area contributed by atoms with Gasteiger partial charge in [-0.1, -0.05) is 53.7 Å².